The monoisotopic (exact) mass is 359 g/mol. The van der Waals surface area contributed by atoms with Gasteiger partial charge in [-0.3, -0.25) is 9.59 Å². The van der Waals surface area contributed by atoms with Gasteiger partial charge < -0.3 is 16.0 Å². The first-order chi connectivity index (χ1) is 12.4. The summed E-state index contributed by atoms with van der Waals surface area (Å²) in [5.74, 6) is -0.308. The van der Waals surface area contributed by atoms with Gasteiger partial charge in [0.15, 0.2) is 0 Å². The minimum absolute atomic E-state index is 0.0647. The Kier molecular flexibility index (Phi) is 6.71. The molecule has 0 saturated carbocycles. The molecule has 0 fully saturated rings. The summed E-state index contributed by atoms with van der Waals surface area (Å²) in [5, 5.41) is 12.2. The van der Waals surface area contributed by atoms with Crippen LogP contribution in [0.1, 0.15) is 45.6 Å². The van der Waals surface area contributed by atoms with Crippen LogP contribution < -0.4 is 21.4 Å². The average molecular weight is 359 g/mol. The van der Waals surface area contributed by atoms with Crippen LogP contribution in [0, 0.1) is 0 Å². The second-order valence-corrected chi connectivity index (χ2v) is 6.31. The predicted octanol–water partition coefficient (Wildman–Crippen LogP) is 1.73. The number of anilines is 1. The van der Waals surface area contributed by atoms with Gasteiger partial charge in [-0.05, 0) is 38.0 Å². The van der Waals surface area contributed by atoms with Gasteiger partial charge in [-0.2, -0.15) is 5.10 Å². The Morgan fingerprint density at radius 3 is 2.42 bits per heavy atom. The number of hydrogen-bond acceptors (Lipinski definition) is 4. The molecule has 4 N–H and O–H groups in total. The first kappa shape index (κ1) is 19.4. The van der Waals surface area contributed by atoms with Gasteiger partial charge in [0.2, 0.25) is 11.8 Å². The molecular formula is C18H25N5O3. The topological polar surface area (TPSA) is 112 Å². The van der Waals surface area contributed by atoms with Gasteiger partial charge in [0.05, 0.1) is 5.71 Å². The number of rotatable bonds is 6. The first-order valence-electron chi connectivity index (χ1n) is 8.72. The molecule has 0 aromatic heterocycles. The highest BCUT2D eigenvalue weighted by molar-refractivity contribution is 6.04. The Morgan fingerprint density at radius 2 is 1.85 bits per heavy atom. The maximum atomic E-state index is 12.0. The Balaban J connectivity index is 1.87. The highest BCUT2D eigenvalue weighted by atomic mass is 16.2. The van der Waals surface area contributed by atoms with Crippen molar-refractivity contribution in [2.24, 2.45) is 5.10 Å². The highest BCUT2D eigenvalue weighted by Gasteiger charge is 2.17. The number of urea groups is 1. The van der Waals surface area contributed by atoms with E-state index in [-0.39, 0.29) is 17.9 Å². The van der Waals surface area contributed by atoms with Crippen LogP contribution in [0.25, 0.3) is 0 Å². The summed E-state index contributed by atoms with van der Waals surface area (Å²) in [6, 6.07) is 6.12. The minimum Gasteiger partial charge on any atom is -0.352 e. The lowest BCUT2D eigenvalue weighted by molar-refractivity contribution is -0.123. The molecule has 0 radical (unpaired) electrons. The number of carbonyl (C=O) groups is 3. The van der Waals surface area contributed by atoms with Crippen molar-refractivity contribution in [3.05, 3.63) is 29.8 Å². The lowest BCUT2D eigenvalue weighted by Gasteiger charge is -2.18. The van der Waals surface area contributed by atoms with E-state index in [1.54, 1.807) is 19.1 Å². The van der Waals surface area contributed by atoms with Crippen molar-refractivity contribution < 1.29 is 14.4 Å². The minimum atomic E-state index is -0.636. The zero-order chi connectivity index (χ0) is 19.1. The molecule has 2 rings (SSSR count). The van der Waals surface area contributed by atoms with Gasteiger partial charge in [-0.1, -0.05) is 19.1 Å². The van der Waals surface area contributed by atoms with Gasteiger partial charge in [-0.25, -0.2) is 10.2 Å². The zero-order valence-electron chi connectivity index (χ0n) is 15.3. The summed E-state index contributed by atoms with van der Waals surface area (Å²) in [7, 11) is 0. The highest BCUT2D eigenvalue weighted by Crippen LogP contribution is 2.14. The van der Waals surface area contributed by atoms with Crippen molar-refractivity contribution >= 4 is 29.2 Å². The van der Waals surface area contributed by atoms with Gasteiger partial charge >= 0.3 is 6.03 Å². The quantitative estimate of drug-likeness (QED) is 0.620. The molecule has 140 valence electrons. The standard InChI is InChI=1S/C18H25N5O3/c1-4-11(2)19-17(25)12(3)20-18(26)21-14-7-5-13(6-8-14)15-9-10-16(24)23-22-15/h5-8,11-12H,4,9-10H2,1-3H3,(H,19,25)(H,23,24)(H2,20,21,26)/t11-,12+/m1/s1. The molecule has 1 aliphatic rings. The number of hydrazone groups is 1. The van der Waals surface area contributed by atoms with Crippen LogP contribution in [0.3, 0.4) is 0 Å². The molecule has 8 heteroatoms. The molecule has 0 bridgehead atoms. The van der Waals surface area contributed by atoms with Gasteiger partial charge in [0.25, 0.3) is 0 Å². The molecule has 4 amide bonds. The van der Waals surface area contributed by atoms with E-state index in [0.717, 1.165) is 17.7 Å². The molecule has 2 atom stereocenters. The zero-order valence-corrected chi connectivity index (χ0v) is 15.3. The molecule has 0 aliphatic carbocycles. The molecule has 1 aromatic rings. The van der Waals surface area contributed by atoms with E-state index >= 15 is 0 Å². The Morgan fingerprint density at radius 1 is 1.15 bits per heavy atom. The smallest absolute Gasteiger partial charge is 0.319 e. The fourth-order valence-corrected chi connectivity index (χ4v) is 2.33. The van der Waals surface area contributed by atoms with Crippen LogP contribution in [0.4, 0.5) is 10.5 Å². The van der Waals surface area contributed by atoms with Crippen molar-refractivity contribution in [3.8, 4) is 0 Å². The molecular weight excluding hydrogens is 334 g/mol. The number of hydrogen-bond donors (Lipinski definition) is 4. The summed E-state index contributed by atoms with van der Waals surface area (Å²) < 4.78 is 0. The fourth-order valence-electron chi connectivity index (χ4n) is 2.33. The number of amides is 4. The normalized spacial score (nSPS) is 16.0. The number of nitrogens with zero attached hydrogens (tertiary/aromatic N) is 1. The molecule has 8 nitrogen and oxygen atoms in total. The van der Waals surface area contributed by atoms with E-state index < -0.39 is 12.1 Å². The van der Waals surface area contributed by atoms with Crippen LogP contribution in [-0.4, -0.2) is 35.6 Å². The van der Waals surface area contributed by atoms with E-state index in [1.165, 1.54) is 0 Å². The molecule has 0 spiro atoms. The number of carbonyl (C=O) groups excluding carboxylic acids is 3. The number of nitrogens with one attached hydrogen (secondary N) is 4. The van der Waals surface area contributed by atoms with Crippen molar-refractivity contribution in [1.29, 1.82) is 0 Å². The van der Waals surface area contributed by atoms with Gasteiger partial charge in [0, 0.05) is 24.6 Å². The lowest BCUT2D eigenvalue weighted by atomic mass is 10.0. The maximum Gasteiger partial charge on any atom is 0.319 e. The van der Waals surface area contributed by atoms with Crippen LogP contribution in [0.5, 0.6) is 0 Å². The second-order valence-electron chi connectivity index (χ2n) is 6.31. The summed E-state index contributed by atoms with van der Waals surface area (Å²) in [4.78, 5) is 35.1. The maximum absolute atomic E-state index is 12.0. The SMILES string of the molecule is CC[C@@H](C)NC(=O)[C@H](C)NC(=O)Nc1ccc(C2=NNC(=O)CC2)cc1. The Bertz CT molecular complexity index is 699. The first-order valence-corrected chi connectivity index (χ1v) is 8.72. The van der Waals surface area contributed by atoms with Crippen molar-refractivity contribution in [3.63, 3.8) is 0 Å². The third-order valence-electron chi connectivity index (χ3n) is 4.12. The lowest BCUT2D eigenvalue weighted by Crippen LogP contribution is -2.48. The third kappa shape index (κ3) is 5.58. The fraction of sp³-hybridized carbons (Fsp3) is 0.444. The second kappa shape index (κ2) is 8.98. The predicted molar refractivity (Wildman–Crippen MR) is 99.9 cm³/mol. The van der Waals surface area contributed by atoms with Crippen LogP contribution >= 0.6 is 0 Å². The molecule has 1 heterocycles. The average Bonchev–Trinajstić information content (AvgIpc) is 2.62. The van der Waals surface area contributed by atoms with E-state index in [9.17, 15) is 14.4 Å². The Labute approximate surface area is 152 Å². The summed E-state index contributed by atoms with van der Waals surface area (Å²) >= 11 is 0. The van der Waals surface area contributed by atoms with E-state index in [2.05, 4.69) is 26.5 Å². The van der Waals surface area contributed by atoms with E-state index in [1.807, 2.05) is 26.0 Å². The van der Waals surface area contributed by atoms with Crippen molar-refractivity contribution in [2.75, 3.05) is 5.32 Å². The molecule has 1 aromatic carbocycles. The molecule has 0 saturated heterocycles. The van der Waals surface area contributed by atoms with Crippen LogP contribution in [0.2, 0.25) is 0 Å². The van der Waals surface area contributed by atoms with Gasteiger partial charge in [-0.15, -0.1) is 0 Å². The third-order valence-corrected chi connectivity index (χ3v) is 4.12. The van der Waals surface area contributed by atoms with Crippen LogP contribution in [-0.2, 0) is 9.59 Å². The van der Waals surface area contributed by atoms with Gasteiger partial charge in [0.1, 0.15) is 6.04 Å². The summed E-state index contributed by atoms with van der Waals surface area (Å²) in [6.07, 6.45) is 1.83. The van der Waals surface area contributed by atoms with Crippen molar-refractivity contribution in [1.82, 2.24) is 16.1 Å². The molecule has 0 unspecified atom stereocenters. The molecule has 1 aliphatic heterocycles. The molecule has 26 heavy (non-hydrogen) atoms. The van der Waals surface area contributed by atoms with E-state index in [4.69, 9.17) is 0 Å². The Hall–Kier alpha value is -2.90. The summed E-state index contributed by atoms with van der Waals surface area (Å²) in [6.45, 7) is 5.52. The van der Waals surface area contributed by atoms with Crippen LogP contribution in [0.15, 0.2) is 29.4 Å². The van der Waals surface area contributed by atoms with Crippen molar-refractivity contribution in [2.45, 2.75) is 52.1 Å². The largest absolute Gasteiger partial charge is 0.352 e. The summed E-state index contributed by atoms with van der Waals surface area (Å²) in [5.41, 5.74) is 4.75. The van der Waals surface area contributed by atoms with E-state index in [0.29, 0.717) is 18.5 Å². The number of benzene rings is 1.